The summed E-state index contributed by atoms with van der Waals surface area (Å²) in [5, 5.41) is 11.7. The number of carbonyl (C=O) groups excluding carboxylic acids is 1. The maximum atomic E-state index is 12.5. The highest BCUT2D eigenvalue weighted by Gasteiger charge is 2.16. The van der Waals surface area contributed by atoms with Crippen molar-refractivity contribution in [3.05, 3.63) is 48.0 Å². The molecular formula is C20H24N3O3S+. The van der Waals surface area contributed by atoms with Crippen LogP contribution in [0.15, 0.2) is 47.4 Å². The zero-order valence-electron chi connectivity index (χ0n) is 15.7. The Bertz CT molecular complexity index is 820. The van der Waals surface area contributed by atoms with E-state index in [4.69, 9.17) is 14.7 Å². The van der Waals surface area contributed by atoms with Crippen LogP contribution in [0.3, 0.4) is 0 Å². The van der Waals surface area contributed by atoms with E-state index in [1.807, 2.05) is 49.5 Å². The largest absolute Gasteiger partial charge is 0.493 e. The van der Waals surface area contributed by atoms with Crippen LogP contribution in [0.25, 0.3) is 0 Å². The fraction of sp³-hybridized carbons (Fsp3) is 0.300. The molecule has 0 aliphatic carbocycles. The smallest absolute Gasteiger partial charge is 0.279 e. The number of nitrogens with one attached hydrogen (secondary N) is 2. The number of amides is 1. The Morgan fingerprint density at radius 3 is 2.67 bits per heavy atom. The van der Waals surface area contributed by atoms with Gasteiger partial charge in [-0.15, -0.1) is 11.8 Å². The van der Waals surface area contributed by atoms with E-state index < -0.39 is 0 Å². The number of hydrogen-bond acceptors (Lipinski definition) is 5. The third-order valence-corrected chi connectivity index (χ3v) is 4.83. The van der Waals surface area contributed by atoms with Gasteiger partial charge < -0.3 is 19.7 Å². The van der Waals surface area contributed by atoms with Crippen molar-refractivity contribution >= 4 is 23.4 Å². The summed E-state index contributed by atoms with van der Waals surface area (Å²) >= 11 is 1.41. The number of nitriles is 1. The van der Waals surface area contributed by atoms with Gasteiger partial charge in [-0.25, -0.2) is 0 Å². The molecule has 1 atom stereocenters. The topological polar surface area (TPSA) is 75.8 Å². The molecule has 6 nitrogen and oxygen atoms in total. The number of quaternary nitrogens is 1. The lowest BCUT2D eigenvalue weighted by Crippen LogP contribution is -3.08. The van der Waals surface area contributed by atoms with Crippen LogP contribution < -0.4 is 19.7 Å². The van der Waals surface area contributed by atoms with Gasteiger partial charge in [0.2, 0.25) is 0 Å². The first-order chi connectivity index (χ1) is 13.1. The number of thioether (sulfide) groups is 1. The molecule has 7 heteroatoms. The van der Waals surface area contributed by atoms with E-state index in [0.29, 0.717) is 30.3 Å². The summed E-state index contributed by atoms with van der Waals surface area (Å²) in [4.78, 5) is 14.4. The number of nitrogens with zero attached hydrogens (tertiary/aromatic N) is 1. The normalized spacial score (nSPS) is 11.3. The molecule has 0 aliphatic rings. The van der Waals surface area contributed by atoms with E-state index in [1.54, 1.807) is 14.2 Å². The fourth-order valence-corrected chi connectivity index (χ4v) is 3.42. The predicted octanol–water partition coefficient (Wildman–Crippen LogP) is 1.97. The molecule has 2 N–H and O–H groups in total. The van der Waals surface area contributed by atoms with Crippen LogP contribution in [-0.4, -0.2) is 39.5 Å². The molecule has 0 fully saturated rings. The molecule has 2 rings (SSSR count). The van der Waals surface area contributed by atoms with E-state index in [-0.39, 0.29) is 5.91 Å². The third-order valence-electron chi connectivity index (χ3n) is 3.89. The van der Waals surface area contributed by atoms with E-state index in [0.717, 1.165) is 21.0 Å². The summed E-state index contributed by atoms with van der Waals surface area (Å²) in [5.41, 5.74) is 1.71. The number of para-hydroxylation sites is 2. The van der Waals surface area contributed by atoms with E-state index in [2.05, 4.69) is 11.4 Å². The van der Waals surface area contributed by atoms with E-state index in [1.165, 1.54) is 11.8 Å². The van der Waals surface area contributed by atoms with Crippen LogP contribution in [0.2, 0.25) is 0 Å². The standard InChI is InChI=1S/C20H23N3O3S/c1-23(13-15-7-6-9-17(25-2)20(15)26-3)14-19(24)22-16-8-4-5-10-18(16)27-12-11-21/h4-10H,12-14H2,1-3H3,(H,22,24)/p+1. The van der Waals surface area contributed by atoms with Gasteiger partial charge in [-0.3, -0.25) is 4.79 Å². The summed E-state index contributed by atoms with van der Waals surface area (Å²) < 4.78 is 10.8. The molecule has 142 valence electrons. The van der Waals surface area contributed by atoms with Crippen LogP contribution in [0.4, 0.5) is 5.69 Å². The van der Waals surface area contributed by atoms with Crippen molar-refractivity contribution in [3.63, 3.8) is 0 Å². The van der Waals surface area contributed by atoms with E-state index >= 15 is 0 Å². The van der Waals surface area contributed by atoms with Crippen molar-refractivity contribution in [2.45, 2.75) is 11.4 Å². The maximum absolute atomic E-state index is 12.5. The monoisotopic (exact) mass is 386 g/mol. The maximum Gasteiger partial charge on any atom is 0.279 e. The second-order valence-corrected chi connectivity index (χ2v) is 6.97. The van der Waals surface area contributed by atoms with Crippen molar-refractivity contribution in [1.29, 1.82) is 5.26 Å². The van der Waals surface area contributed by atoms with Crippen LogP contribution in [0, 0.1) is 11.3 Å². The fourth-order valence-electron chi connectivity index (χ4n) is 2.75. The minimum absolute atomic E-state index is 0.0839. The average Bonchev–Trinajstić information content (AvgIpc) is 2.66. The highest BCUT2D eigenvalue weighted by molar-refractivity contribution is 7.99. The molecule has 0 saturated heterocycles. The highest BCUT2D eigenvalue weighted by atomic mass is 32.2. The molecule has 0 radical (unpaired) electrons. The third kappa shape index (κ3) is 5.91. The summed E-state index contributed by atoms with van der Waals surface area (Å²) in [7, 11) is 5.17. The lowest BCUT2D eigenvalue weighted by atomic mass is 10.1. The van der Waals surface area contributed by atoms with Crippen molar-refractivity contribution < 1.29 is 19.2 Å². The van der Waals surface area contributed by atoms with Crippen molar-refractivity contribution in [2.75, 3.05) is 38.9 Å². The minimum atomic E-state index is -0.0839. The summed E-state index contributed by atoms with van der Waals surface area (Å²) in [6, 6.07) is 15.3. The number of rotatable bonds is 9. The Hall–Kier alpha value is -2.69. The van der Waals surface area contributed by atoms with Crippen molar-refractivity contribution in [3.8, 4) is 17.6 Å². The number of methoxy groups -OCH3 is 2. The first kappa shape index (κ1) is 20.6. The molecule has 0 aliphatic heterocycles. The second-order valence-electron chi connectivity index (χ2n) is 5.95. The van der Waals surface area contributed by atoms with Gasteiger partial charge in [0.1, 0.15) is 6.54 Å². The molecule has 0 heterocycles. The number of anilines is 1. The van der Waals surface area contributed by atoms with Gasteiger partial charge >= 0.3 is 0 Å². The van der Waals surface area contributed by atoms with Crippen LogP contribution in [0.5, 0.6) is 11.5 Å². The van der Waals surface area contributed by atoms with Crippen LogP contribution >= 0.6 is 11.8 Å². The van der Waals surface area contributed by atoms with Crippen LogP contribution in [0.1, 0.15) is 5.56 Å². The highest BCUT2D eigenvalue weighted by Crippen LogP contribution is 2.30. The van der Waals surface area contributed by atoms with E-state index in [9.17, 15) is 4.79 Å². The Labute approximate surface area is 164 Å². The number of hydrogen-bond donors (Lipinski definition) is 2. The Kier molecular flexibility index (Phi) is 7.99. The van der Waals surface area contributed by atoms with Crippen LogP contribution in [-0.2, 0) is 11.3 Å². The van der Waals surface area contributed by atoms with Gasteiger partial charge in [0.05, 0.1) is 44.3 Å². The molecule has 27 heavy (non-hydrogen) atoms. The van der Waals surface area contributed by atoms with Gasteiger partial charge in [-0.1, -0.05) is 18.2 Å². The molecule has 0 saturated carbocycles. The molecule has 0 spiro atoms. The average molecular weight is 386 g/mol. The zero-order valence-corrected chi connectivity index (χ0v) is 16.6. The Morgan fingerprint density at radius 2 is 1.96 bits per heavy atom. The molecular weight excluding hydrogens is 362 g/mol. The molecule has 1 unspecified atom stereocenters. The lowest BCUT2D eigenvalue weighted by Gasteiger charge is -2.17. The Morgan fingerprint density at radius 1 is 1.19 bits per heavy atom. The summed E-state index contributed by atoms with van der Waals surface area (Å²) in [5.74, 6) is 1.63. The first-order valence-corrected chi connectivity index (χ1v) is 9.47. The van der Waals surface area contributed by atoms with Gasteiger partial charge in [-0.05, 0) is 24.3 Å². The number of likely N-dealkylation sites (N-methyl/N-ethyl adjacent to an activating group) is 1. The number of carbonyl (C=O) groups is 1. The minimum Gasteiger partial charge on any atom is -0.493 e. The molecule has 1 amide bonds. The number of benzene rings is 2. The van der Waals surface area contributed by atoms with Gasteiger partial charge in [0.25, 0.3) is 5.91 Å². The summed E-state index contributed by atoms with van der Waals surface area (Å²) in [6.45, 7) is 0.927. The molecule has 2 aromatic rings. The first-order valence-electron chi connectivity index (χ1n) is 8.48. The van der Waals surface area contributed by atoms with Gasteiger partial charge in [-0.2, -0.15) is 5.26 Å². The predicted molar refractivity (Wildman–Crippen MR) is 106 cm³/mol. The van der Waals surface area contributed by atoms with Gasteiger partial charge in [0, 0.05) is 4.90 Å². The number of ether oxygens (including phenoxy) is 2. The lowest BCUT2D eigenvalue weighted by molar-refractivity contribution is -0.885. The van der Waals surface area contributed by atoms with Gasteiger partial charge in [0.15, 0.2) is 18.0 Å². The Balaban J connectivity index is 2.00. The second kappa shape index (κ2) is 10.5. The summed E-state index contributed by atoms with van der Waals surface area (Å²) in [6.07, 6.45) is 0. The quantitative estimate of drug-likeness (QED) is 0.645. The SMILES string of the molecule is COc1cccc(C[NH+](C)CC(=O)Nc2ccccc2SCC#N)c1OC. The van der Waals surface area contributed by atoms with Crippen molar-refractivity contribution in [2.24, 2.45) is 0 Å². The molecule has 0 aromatic heterocycles. The zero-order chi connectivity index (χ0) is 19.6. The molecule has 0 bridgehead atoms. The van der Waals surface area contributed by atoms with Crippen molar-refractivity contribution in [1.82, 2.24) is 0 Å². The molecule has 2 aromatic carbocycles.